The van der Waals surface area contributed by atoms with Crippen LogP contribution in [0, 0.1) is 0 Å². The molecule has 19 heavy (non-hydrogen) atoms. The quantitative estimate of drug-likeness (QED) is 0.551. The zero-order valence-corrected chi connectivity index (χ0v) is 12.0. The van der Waals surface area contributed by atoms with Gasteiger partial charge in [0.1, 0.15) is 0 Å². The van der Waals surface area contributed by atoms with Crippen molar-refractivity contribution in [3.05, 3.63) is 24.3 Å². The van der Waals surface area contributed by atoms with E-state index in [0.29, 0.717) is 12.0 Å². The second-order valence-electron chi connectivity index (χ2n) is 5.54. The van der Waals surface area contributed by atoms with Gasteiger partial charge in [-0.1, -0.05) is 0 Å². The van der Waals surface area contributed by atoms with Gasteiger partial charge in [0.15, 0.2) is 6.29 Å². The van der Waals surface area contributed by atoms with Gasteiger partial charge in [-0.15, -0.1) is 0 Å². The van der Waals surface area contributed by atoms with Crippen molar-refractivity contribution >= 4 is 13.5 Å². The number of hydrogen-bond acceptors (Lipinski definition) is 6. The number of aliphatic hydroxyl groups is 1. The number of carbonyl (C=O) groups is 1. The predicted octanol–water partition coefficient (Wildman–Crippen LogP) is 0.289. The molecule has 1 heterocycles. The number of rotatable bonds is 5. The first kappa shape index (κ1) is 15.8. The van der Waals surface area contributed by atoms with Crippen LogP contribution in [0.25, 0.3) is 0 Å². The summed E-state index contributed by atoms with van der Waals surface area (Å²) in [5.74, 6) is 0. The molecule has 106 valence electrons. The third kappa shape index (κ3) is 3.59. The fourth-order valence-corrected chi connectivity index (χ4v) is 1.27. The van der Waals surface area contributed by atoms with Crippen molar-refractivity contribution in [1.29, 1.82) is 0 Å². The highest BCUT2D eigenvalue weighted by Gasteiger charge is 2.41. The number of nitrogens with zero attached hydrogens (tertiary/aromatic N) is 2. The van der Waals surface area contributed by atoms with E-state index in [9.17, 15) is 14.9 Å². The largest absolute Gasteiger partial charge is 0.594 e. The third-order valence-electron chi connectivity index (χ3n) is 3.40. The van der Waals surface area contributed by atoms with Gasteiger partial charge in [-0.2, -0.15) is 0 Å². The van der Waals surface area contributed by atoms with Crippen LogP contribution >= 0.6 is 0 Å². The van der Waals surface area contributed by atoms with Crippen molar-refractivity contribution < 1.29 is 19.6 Å². The van der Waals surface area contributed by atoms with Gasteiger partial charge in [0, 0.05) is 25.6 Å². The summed E-state index contributed by atoms with van der Waals surface area (Å²) in [5.41, 5.74) is -1.69. The maximum atomic E-state index is 10.9. The first-order valence-corrected chi connectivity index (χ1v) is 6.02. The molecule has 0 spiro atoms. The molecule has 1 aliphatic heterocycles. The van der Waals surface area contributed by atoms with Gasteiger partial charge in [0.25, 0.3) is 0 Å². The summed E-state index contributed by atoms with van der Waals surface area (Å²) in [6.07, 6.45) is 5.37. The Morgan fingerprint density at radius 3 is 2.37 bits per heavy atom. The van der Waals surface area contributed by atoms with Crippen LogP contribution < -0.4 is 0 Å². The first-order chi connectivity index (χ1) is 8.58. The summed E-state index contributed by atoms with van der Waals surface area (Å²) < 4.78 is 5.47. The van der Waals surface area contributed by atoms with E-state index in [4.69, 9.17) is 4.65 Å². The average molecular weight is 268 g/mol. The van der Waals surface area contributed by atoms with Crippen LogP contribution in [0.2, 0.25) is 0 Å². The summed E-state index contributed by atoms with van der Waals surface area (Å²) >= 11 is 0. The molecule has 0 unspecified atom stereocenters. The monoisotopic (exact) mass is 268 g/mol. The highest BCUT2D eigenvalue weighted by molar-refractivity contribution is 6.40. The van der Waals surface area contributed by atoms with Crippen LogP contribution in [-0.2, 0) is 9.45 Å². The Bertz CT molecular complexity index is 401. The van der Waals surface area contributed by atoms with Crippen LogP contribution in [0.3, 0.4) is 0 Å². The third-order valence-corrected chi connectivity index (χ3v) is 3.40. The van der Waals surface area contributed by atoms with Gasteiger partial charge >= 0.3 is 7.25 Å². The number of hydrogen-bond donors (Lipinski definition) is 2. The minimum atomic E-state index is -1.29. The van der Waals surface area contributed by atoms with E-state index in [1.54, 1.807) is 52.0 Å². The Morgan fingerprint density at radius 1 is 1.32 bits per heavy atom. The lowest BCUT2D eigenvalue weighted by Gasteiger charge is -2.39. The maximum absolute atomic E-state index is 10.9. The fraction of sp³-hybridized carbons (Fsp3) is 0.583. The van der Waals surface area contributed by atoms with Crippen molar-refractivity contribution in [2.45, 2.75) is 38.9 Å². The summed E-state index contributed by atoms with van der Waals surface area (Å²) in [4.78, 5) is 13.8. The molecular formula is C12H21BN2O4. The second-order valence-corrected chi connectivity index (χ2v) is 5.54. The lowest BCUT2D eigenvalue weighted by molar-refractivity contribution is -0.106. The molecule has 0 bridgehead atoms. The van der Waals surface area contributed by atoms with Gasteiger partial charge < -0.3 is 24.5 Å². The molecule has 0 aromatic heterocycles. The van der Waals surface area contributed by atoms with Crippen molar-refractivity contribution in [3.8, 4) is 0 Å². The molecule has 0 radical (unpaired) electrons. The Balaban J connectivity index is 2.80. The van der Waals surface area contributed by atoms with E-state index in [2.05, 4.69) is 0 Å². The zero-order valence-electron chi connectivity index (χ0n) is 12.0. The predicted molar refractivity (Wildman–Crippen MR) is 72.3 cm³/mol. The lowest BCUT2D eigenvalue weighted by atomic mass is 9.87. The summed E-state index contributed by atoms with van der Waals surface area (Å²) in [6.45, 7) is 6.57. The van der Waals surface area contributed by atoms with Crippen molar-refractivity contribution in [1.82, 2.24) is 9.71 Å². The molecule has 1 rings (SSSR count). The molecule has 7 heteroatoms. The number of aldehydes is 1. The van der Waals surface area contributed by atoms with Crippen molar-refractivity contribution in [2.75, 3.05) is 7.05 Å². The molecule has 0 fully saturated rings. The molecule has 0 saturated carbocycles. The molecule has 0 atom stereocenters. The minimum Gasteiger partial charge on any atom is -0.407 e. The fourth-order valence-electron chi connectivity index (χ4n) is 1.27. The zero-order chi connectivity index (χ0) is 14.8. The van der Waals surface area contributed by atoms with Gasteiger partial charge in [-0.25, -0.2) is 0 Å². The van der Waals surface area contributed by atoms with Gasteiger partial charge in [-0.05, 0) is 27.7 Å². The average Bonchev–Trinajstić information content (AvgIpc) is 2.27. The molecule has 0 amide bonds. The topological polar surface area (TPSA) is 73.2 Å². The summed E-state index contributed by atoms with van der Waals surface area (Å²) in [7, 11) is 0.434. The van der Waals surface area contributed by atoms with E-state index in [1.807, 2.05) is 0 Å². The van der Waals surface area contributed by atoms with Crippen LogP contribution in [0.1, 0.15) is 27.7 Å². The number of allylic oxidation sites excluding steroid dienone is 1. The van der Waals surface area contributed by atoms with E-state index >= 15 is 0 Å². The van der Waals surface area contributed by atoms with Gasteiger partial charge in [0.05, 0.1) is 16.9 Å². The standard InChI is InChI=1S/C12H21BN2O4/c1-11(2,17)12(3,4)19-13(18)15-7-6-14(5)10(8-15)9-16/h6-9,17-18H,1-5H3. The second kappa shape index (κ2) is 5.36. The van der Waals surface area contributed by atoms with E-state index in [0.717, 1.165) is 0 Å². The smallest absolute Gasteiger partial charge is 0.407 e. The molecule has 6 nitrogen and oxygen atoms in total. The lowest BCUT2D eigenvalue weighted by Crippen LogP contribution is -2.53. The highest BCUT2D eigenvalue weighted by atomic mass is 16.6. The summed E-state index contributed by atoms with van der Waals surface area (Å²) in [6, 6.07) is 0. The minimum absolute atomic E-state index is 0.395. The SMILES string of the molecule is CN1C=CN(B(O)OC(C)(C)C(C)(C)O)C=C1C=O. The molecule has 0 aliphatic carbocycles. The molecule has 2 N–H and O–H groups in total. The Hall–Kier alpha value is -1.31. The molecule has 0 aromatic carbocycles. The Morgan fingerprint density at radius 2 is 1.89 bits per heavy atom. The number of likely N-dealkylation sites (N-methyl/N-ethyl adjacent to an activating group) is 1. The van der Waals surface area contributed by atoms with Crippen LogP contribution in [0.15, 0.2) is 24.3 Å². The van der Waals surface area contributed by atoms with Crippen molar-refractivity contribution in [3.63, 3.8) is 0 Å². The Labute approximate surface area is 114 Å². The van der Waals surface area contributed by atoms with Crippen molar-refractivity contribution in [2.24, 2.45) is 0 Å². The molecule has 0 saturated heterocycles. The highest BCUT2D eigenvalue weighted by Crippen LogP contribution is 2.26. The molecular weight excluding hydrogens is 247 g/mol. The van der Waals surface area contributed by atoms with Gasteiger partial charge in [0.2, 0.25) is 0 Å². The van der Waals surface area contributed by atoms with E-state index in [1.165, 1.54) is 11.0 Å². The van der Waals surface area contributed by atoms with Crippen LogP contribution in [0.5, 0.6) is 0 Å². The number of carbonyl (C=O) groups excluding carboxylic acids is 1. The van der Waals surface area contributed by atoms with Gasteiger partial charge in [-0.3, -0.25) is 4.79 Å². The Kier molecular flexibility index (Phi) is 4.44. The maximum Gasteiger partial charge on any atom is 0.594 e. The summed E-state index contributed by atoms with van der Waals surface area (Å²) in [5, 5.41) is 20.0. The first-order valence-electron chi connectivity index (χ1n) is 6.02. The molecule has 0 aromatic rings. The van der Waals surface area contributed by atoms with E-state index in [-0.39, 0.29) is 0 Å². The van der Waals surface area contributed by atoms with Crippen LogP contribution in [0.4, 0.5) is 0 Å². The van der Waals surface area contributed by atoms with Crippen LogP contribution in [-0.4, -0.2) is 51.6 Å². The normalized spacial score (nSPS) is 16.5. The van der Waals surface area contributed by atoms with E-state index < -0.39 is 18.5 Å². The molecule has 1 aliphatic rings.